The lowest BCUT2D eigenvalue weighted by atomic mass is 10.2. The van der Waals surface area contributed by atoms with Crippen molar-refractivity contribution in [2.75, 3.05) is 7.11 Å². The zero-order valence-corrected chi connectivity index (χ0v) is 12.5. The summed E-state index contributed by atoms with van der Waals surface area (Å²) in [5.41, 5.74) is 1.57. The Hall–Kier alpha value is -2.05. The minimum absolute atomic E-state index is 0.0283. The van der Waals surface area contributed by atoms with Crippen LogP contribution in [0.2, 0.25) is 0 Å². The summed E-state index contributed by atoms with van der Waals surface area (Å²) in [6, 6.07) is 11.6. The van der Waals surface area contributed by atoms with Crippen LogP contribution < -0.4 is 4.74 Å². The number of hydrogen-bond acceptors (Lipinski definition) is 5. The third-order valence-corrected chi connectivity index (χ3v) is 4.33. The highest BCUT2D eigenvalue weighted by Crippen LogP contribution is 2.32. The van der Waals surface area contributed by atoms with Crippen molar-refractivity contribution in [1.29, 1.82) is 0 Å². The molecule has 21 heavy (non-hydrogen) atoms. The molecule has 0 amide bonds. The molecule has 0 radical (unpaired) electrons. The second-order valence-electron chi connectivity index (χ2n) is 4.29. The molecular formula is C14H10ClNO4S. The number of methoxy groups -OCH3 is 1. The second-order valence-corrected chi connectivity index (χ2v) is 6.85. The Morgan fingerprint density at radius 2 is 1.95 bits per heavy atom. The number of oxazole rings is 1. The highest BCUT2D eigenvalue weighted by atomic mass is 35.7. The van der Waals surface area contributed by atoms with Crippen LogP contribution in [0.1, 0.15) is 0 Å². The Balaban J connectivity index is 2.18. The molecule has 0 fully saturated rings. The van der Waals surface area contributed by atoms with Gasteiger partial charge in [-0.3, -0.25) is 0 Å². The maximum Gasteiger partial charge on any atom is 0.261 e. The van der Waals surface area contributed by atoms with Gasteiger partial charge >= 0.3 is 0 Å². The SMILES string of the molecule is COc1ccccc1-c1nc2ccc(S(=O)(=O)Cl)cc2o1. The first-order valence-electron chi connectivity index (χ1n) is 5.97. The predicted molar refractivity (Wildman–Crippen MR) is 79.0 cm³/mol. The van der Waals surface area contributed by atoms with Crippen LogP contribution in [0.4, 0.5) is 0 Å². The lowest BCUT2D eigenvalue weighted by molar-refractivity contribution is 0.414. The predicted octanol–water partition coefficient (Wildman–Crippen LogP) is 3.43. The molecule has 0 spiro atoms. The van der Waals surface area contributed by atoms with Crippen LogP contribution >= 0.6 is 10.7 Å². The maximum absolute atomic E-state index is 11.3. The molecule has 2 aromatic carbocycles. The van der Waals surface area contributed by atoms with E-state index in [1.807, 2.05) is 18.2 Å². The number of hydrogen-bond donors (Lipinski definition) is 0. The molecule has 108 valence electrons. The Labute approximate surface area is 125 Å². The number of halogens is 1. The van der Waals surface area contributed by atoms with E-state index in [1.54, 1.807) is 19.2 Å². The summed E-state index contributed by atoms with van der Waals surface area (Å²) in [5, 5.41) is 0. The van der Waals surface area contributed by atoms with Gasteiger partial charge in [-0.15, -0.1) is 0 Å². The van der Waals surface area contributed by atoms with Crippen LogP contribution in [0.3, 0.4) is 0 Å². The normalized spacial score (nSPS) is 11.7. The van der Waals surface area contributed by atoms with Crippen LogP contribution in [0.5, 0.6) is 5.75 Å². The summed E-state index contributed by atoms with van der Waals surface area (Å²) < 4.78 is 33.5. The highest BCUT2D eigenvalue weighted by Gasteiger charge is 2.16. The van der Waals surface area contributed by atoms with E-state index in [1.165, 1.54) is 12.1 Å². The number of rotatable bonds is 3. The zero-order valence-electron chi connectivity index (χ0n) is 10.9. The van der Waals surface area contributed by atoms with Crippen LogP contribution in [-0.4, -0.2) is 20.5 Å². The molecule has 7 heteroatoms. The van der Waals surface area contributed by atoms with Crippen molar-refractivity contribution in [3.63, 3.8) is 0 Å². The molecule has 0 aliphatic heterocycles. The van der Waals surface area contributed by atoms with Gasteiger partial charge in [0.2, 0.25) is 5.89 Å². The number of fused-ring (bicyclic) bond motifs is 1. The standard InChI is InChI=1S/C14H10ClNO4S/c1-19-12-5-3-2-4-10(12)14-16-11-7-6-9(21(15,17)18)8-13(11)20-14/h2-8H,1H3. The third-order valence-electron chi connectivity index (χ3n) is 2.98. The monoisotopic (exact) mass is 323 g/mol. The fraction of sp³-hybridized carbons (Fsp3) is 0.0714. The smallest absolute Gasteiger partial charge is 0.261 e. The van der Waals surface area contributed by atoms with Gasteiger partial charge in [0.25, 0.3) is 9.05 Å². The largest absolute Gasteiger partial charge is 0.496 e. The van der Waals surface area contributed by atoms with Gasteiger partial charge in [-0.1, -0.05) is 12.1 Å². The summed E-state index contributed by atoms with van der Waals surface area (Å²) in [4.78, 5) is 4.30. The van der Waals surface area contributed by atoms with Crippen LogP contribution in [0, 0.1) is 0 Å². The van der Waals surface area contributed by atoms with Gasteiger partial charge in [0, 0.05) is 16.7 Å². The van der Waals surface area contributed by atoms with Gasteiger partial charge in [-0.2, -0.15) is 0 Å². The van der Waals surface area contributed by atoms with E-state index in [-0.39, 0.29) is 4.90 Å². The summed E-state index contributed by atoms with van der Waals surface area (Å²) in [6.07, 6.45) is 0. The van der Waals surface area contributed by atoms with E-state index in [0.717, 1.165) is 0 Å². The van der Waals surface area contributed by atoms with E-state index < -0.39 is 9.05 Å². The third kappa shape index (κ3) is 2.59. The minimum atomic E-state index is -3.80. The fourth-order valence-corrected chi connectivity index (χ4v) is 2.76. The average molecular weight is 324 g/mol. The summed E-state index contributed by atoms with van der Waals surface area (Å²) in [7, 11) is 3.07. The summed E-state index contributed by atoms with van der Waals surface area (Å²) in [5.74, 6) is 0.973. The molecule has 1 aromatic heterocycles. The van der Waals surface area contributed by atoms with E-state index >= 15 is 0 Å². The number of ether oxygens (including phenoxy) is 1. The lowest BCUT2D eigenvalue weighted by Gasteiger charge is -2.03. The van der Waals surface area contributed by atoms with Crippen molar-refractivity contribution in [3.8, 4) is 17.2 Å². The Morgan fingerprint density at radius 1 is 1.19 bits per heavy atom. The van der Waals surface area contributed by atoms with Crippen molar-refractivity contribution in [2.24, 2.45) is 0 Å². The van der Waals surface area contributed by atoms with Crippen molar-refractivity contribution >= 4 is 30.8 Å². The molecule has 5 nitrogen and oxygen atoms in total. The zero-order chi connectivity index (χ0) is 15.0. The molecular weight excluding hydrogens is 314 g/mol. The first-order valence-corrected chi connectivity index (χ1v) is 8.28. The average Bonchev–Trinajstić information content (AvgIpc) is 2.89. The first kappa shape index (κ1) is 13.9. The van der Waals surface area contributed by atoms with E-state index in [2.05, 4.69) is 4.98 Å². The molecule has 0 bridgehead atoms. The lowest BCUT2D eigenvalue weighted by Crippen LogP contribution is -1.89. The van der Waals surface area contributed by atoms with Gasteiger partial charge in [-0.05, 0) is 24.3 Å². The molecule has 0 saturated carbocycles. The van der Waals surface area contributed by atoms with Crippen LogP contribution in [0.15, 0.2) is 51.8 Å². The van der Waals surface area contributed by atoms with Crippen LogP contribution in [-0.2, 0) is 9.05 Å². The molecule has 0 N–H and O–H groups in total. The van der Waals surface area contributed by atoms with Gasteiger partial charge in [0.15, 0.2) is 5.58 Å². The Kier molecular flexibility index (Phi) is 3.35. The number of benzene rings is 2. The second kappa shape index (κ2) is 5.05. The Bertz CT molecular complexity index is 918. The summed E-state index contributed by atoms with van der Waals surface area (Å²) in [6.45, 7) is 0. The van der Waals surface area contributed by atoms with Crippen LogP contribution in [0.25, 0.3) is 22.6 Å². The first-order chi connectivity index (χ1) is 9.99. The molecule has 0 unspecified atom stereocenters. The van der Waals surface area contributed by atoms with Gasteiger partial charge in [0.05, 0.1) is 17.6 Å². The van der Waals surface area contributed by atoms with Gasteiger partial charge in [-0.25, -0.2) is 13.4 Å². The van der Waals surface area contributed by atoms with Crippen molar-refractivity contribution in [1.82, 2.24) is 4.98 Å². The van der Waals surface area contributed by atoms with Crippen molar-refractivity contribution in [3.05, 3.63) is 42.5 Å². The van der Waals surface area contributed by atoms with E-state index in [4.69, 9.17) is 19.8 Å². The maximum atomic E-state index is 11.3. The molecule has 1 heterocycles. The number of aromatic nitrogens is 1. The fourth-order valence-electron chi connectivity index (χ4n) is 1.99. The molecule has 3 rings (SSSR count). The highest BCUT2D eigenvalue weighted by molar-refractivity contribution is 8.13. The molecule has 0 atom stereocenters. The van der Waals surface area contributed by atoms with Gasteiger partial charge in [0.1, 0.15) is 11.3 Å². The van der Waals surface area contributed by atoms with Crippen molar-refractivity contribution < 1.29 is 17.6 Å². The molecule has 0 aliphatic rings. The molecule has 0 aliphatic carbocycles. The quantitative estimate of drug-likeness (QED) is 0.691. The van der Waals surface area contributed by atoms with Gasteiger partial charge < -0.3 is 9.15 Å². The van der Waals surface area contributed by atoms with Crippen molar-refractivity contribution in [2.45, 2.75) is 4.90 Å². The number of para-hydroxylation sites is 1. The molecule has 3 aromatic rings. The minimum Gasteiger partial charge on any atom is -0.496 e. The molecule has 0 saturated heterocycles. The Morgan fingerprint density at radius 3 is 2.67 bits per heavy atom. The topological polar surface area (TPSA) is 69.4 Å². The van der Waals surface area contributed by atoms with E-state index in [9.17, 15) is 8.42 Å². The van der Waals surface area contributed by atoms with E-state index in [0.29, 0.717) is 28.3 Å². The number of nitrogens with zero attached hydrogens (tertiary/aromatic N) is 1. The summed E-state index contributed by atoms with van der Waals surface area (Å²) >= 11 is 0.